The maximum Gasteiger partial charge on any atom is 0.0797 e. The molecule has 1 N–H and O–H groups in total. The molecule has 0 atom stereocenters. The summed E-state index contributed by atoms with van der Waals surface area (Å²) in [4.78, 5) is 8.86. The molecule has 0 fully saturated rings. The van der Waals surface area contributed by atoms with Crippen LogP contribution in [0.15, 0.2) is 72.5 Å². The molecule has 120 valence electrons. The Morgan fingerprint density at radius 2 is 1.84 bits per heavy atom. The van der Waals surface area contributed by atoms with E-state index in [0.29, 0.717) is 0 Å². The minimum Gasteiger partial charge on any atom is -0.360 e. The van der Waals surface area contributed by atoms with Gasteiger partial charge in [-0.3, -0.25) is 4.98 Å². The average molecular weight is 340 g/mol. The highest BCUT2D eigenvalue weighted by molar-refractivity contribution is 7.13. The molecule has 0 amide bonds. The summed E-state index contributed by atoms with van der Waals surface area (Å²) in [5, 5.41) is 3.80. The number of aromatic nitrogens is 2. The van der Waals surface area contributed by atoms with Crippen molar-refractivity contribution in [2.45, 2.75) is 6.92 Å². The Bertz CT molecular complexity index is 1200. The summed E-state index contributed by atoms with van der Waals surface area (Å²) in [6.45, 7) is 2.14. The van der Waals surface area contributed by atoms with E-state index in [-0.39, 0.29) is 0 Å². The molecule has 3 aromatic carbocycles. The summed E-state index contributed by atoms with van der Waals surface area (Å²) >= 11 is 1.68. The van der Waals surface area contributed by atoms with Crippen LogP contribution >= 0.6 is 11.3 Å². The molecule has 3 heteroatoms. The van der Waals surface area contributed by atoms with E-state index in [1.165, 1.54) is 48.8 Å². The molecule has 0 unspecified atom stereocenters. The Morgan fingerprint density at radius 1 is 0.920 bits per heavy atom. The summed E-state index contributed by atoms with van der Waals surface area (Å²) in [7, 11) is 0. The third kappa shape index (κ3) is 2.28. The van der Waals surface area contributed by atoms with Gasteiger partial charge in [0, 0.05) is 34.4 Å². The molecular formula is C22H16N2S. The number of aryl methyl sites for hydroxylation is 1. The van der Waals surface area contributed by atoms with E-state index < -0.39 is 0 Å². The van der Waals surface area contributed by atoms with Gasteiger partial charge in [-0.05, 0) is 34.9 Å². The van der Waals surface area contributed by atoms with Crippen LogP contribution in [0.4, 0.5) is 0 Å². The first-order chi connectivity index (χ1) is 12.3. The molecule has 0 spiro atoms. The predicted octanol–water partition coefficient (Wildman–Crippen LogP) is 6.42. The van der Waals surface area contributed by atoms with E-state index in [0.717, 1.165) is 0 Å². The Kier molecular flexibility index (Phi) is 3.22. The summed E-state index contributed by atoms with van der Waals surface area (Å²) in [6.07, 6.45) is 4.06. The van der Waals surface area contributed by atoms with E-state index in [9.17, 15) is 0 Å². The second kappa shape index (κ2) is 5.57. The first-order valence-electron chi connectivity index (χ1n) is 8.30. The highest BCUT2D eigenvalue weighted by Crippen LogP contribution is 2.35. The molecule has 2 aromatic heterocycles. The van der Waals surface area contributed by atoms with Gasteiger partial charge in [0.05, 0.1) is 10.4 Å². The van der Waals surface area contributed by atoms with Crippen LogP contribution in [0, 0.1) is 6.92 Å². The van der Waals surface area contributed by atoms with Gasteiger partial charge in [0.1, 0.15) is 0 Å². The Labute approximate surface area is 149 Å². The van der Waals surface area contributed by atoms with Crippen LogP contribution in [0.2, 0.25) is 0 Å². The quantitative estimate of drug-likeness (QED) is 0.394. The fraction of sp³-hybridized carbons (Fsp3) is 0.0455. The second-order valence-electron chi connectivity index (χ2n) is 6.31. The van der Waals surface area contributed by atoms with Gasteiger partial charge in [-0.15, -0.1) is 11.3 Å². The summed E-state index contributed by atoms with van der Waals surface area (Å²) in [5.74, 6) is 0. The van der Waals surface area contributed by atoms with Crippen molar-refractivity contribution in [1.82, 2.24) is 9.97 Å². The first-order valence-corrected chi connectivity index (χ1v) is 9.18. The van der Waals surface area contributed by atoms with Crippen molar-refractivity contribution in [2.75, 3.05) is 0 Å². The Balaban J connectivity index is 1.72. The number of thiazole rings is 1. The monoisotopic (exact) mass is 340 g/mol. The van der Waals surface area contributed by atoms with E-state index in [2.05, 4.69) is 77.7 Å². The zero-order chi connectivity index (χ0) is 16.8. The van der Waals surface area contributed by atoms with Crippen molar-refractivity contribution in [3.8, 4) is 21.6 Å². The number of rotatable bonds is 2. The number of nitrogens with zero attached hydrogens (tertiary/aromatic N) is 1. The van der Waals surface area contributed by atoms with Crippen LogP contribution in [0.1, 0.15) is 5.56 Å². The maximum atomic E-state index is 4.22. The van der Waals surface area contributed by atoms with Crippen molar-refractivity contribution >= 4 is 33.0 Å². The van der Waals surface area contributed by atoms with Crippen molar-refractivity contribution in [1.29, 1.82) is 0 Å². The molecule has 0 radical (unpaired) electrons. The van der Waals surface area contributed by atoms with Gasteiger partial charge in [0.25, 0.3) is 0 Å². The number of H-pyrrole nitrogens is 1. The molecule has 0 aliphatic rings. The van der Waals surface area contributed by atoms with E-state index in [1.54, 1.807) is 11.3 Å². The standard InChI is InChI=1S/C22H16N2S/c1-14-4-2-7-19-20(11-24-22(14)19)16-8-9-17-15(10-16)5-3-6-18(17)21-12-23-13-25-21/h2-13,24H,1H3. The van der Waals surface area contributed by atoms with Gasteiger partial charge in [-0.1, -0.05) is 48.5 Å². The van der Waals surface area contributed by atoms with Gasteiger partial charge in [0.2, 0.25) is 0 Å². The van der Waals surface area contributed by atoms with Crippen molar-refractivity contribution in [3.05, 3.63) is 78.1 Å². The number of hydrogen-bond acceptors (Lipinski definition) is 2. The number of para-hydroxylation sites is 1. The number of benzene rings is 3. The molecule has 5 aromatic rings. The van der Waals surface area contributed by atoms with Crippen LogP contribution in [0.5, 0.6) is 0 Å². The molecule has 0 bridgehead atoms. The average Bonchev–Trinajstić information content (AvgIpc) is 3.31. The van der Waals surface area contributed by atoms with Gasteiger partial charge >= 0.3 is 0 Å². The number of fused-ring (bicyclic) bond motifs is 2. The largest absolute Gasteiger partial charge is 0.360 e. The van der Waals surface area contributed by atoms with E-state index in [1.807, 2.05) is 11.7 Å². The minimum absolute atomic E-state index is 1.21. The molecule has 0 aliphatic carbocycles. The highest BCUT2D eigenvalue weighted by Gasteiger charge is 2.10. The molecule has 0 saturated carbocycles. The Morgan fingerprint density at radius 3 is 2.72 bits per heavy atom. The van der Waals surface area contributed by atoms with Gasteiger partial charge in [-0.25, -0.2) is 0 Å². The van der Waals surface area contributed by atoms with Crippen LogP contribution < -0.4 is 0 Å². The number of nitrogens with one attached hydrogen (secondary N) is 1. The van der Waals surface area contributed by atoms with Crippen molar-refractivity contribution in [3.63, 3.8) is 0 Å². The Hall–Kier alpha value is -2.91. The van der Waals surface area contributed by atoms with E-state index >= 15 is 0 Å². The fourth-order valence-electron chi connectivity index (χ4n) is 3.56. The van der Waals surface area contributed by atoms with Crippen LogP contribution in [0.3, 0.4) is 0 Å². The summed E-state index contributed by atoms with van der Waals surface area (Å²) in [6, 6.07) is 19.7. The van der Waals surface area contributed by atoms with Gasteiger partial charge in [-0.2, -0.15) is 0 Å². The molecule has 0 saturated heterocycles. The molecule has 2 nitrogen and oxygen atoms in total. The number of hydrogen-bond donors (Lipinski definition) is 1. The molecule has 2 heterocycles. The normalized spacial score (nSPS) is 11.4. The topological polar surface area (TPSA) is 28.7 Å². The second-order valence-corrected chi connectivity index (χ2v) is 7.19. The smallest absolute Gasteiger partial charge is 0.0797 e. The lowest BCUT2D eigenvalue weighted by Gasteiger charge is -2.07. The molecule has 5 rings (SSSR count). The predicted molar refractivity (Wildman–Crippen MR) is 107 cm³/mol. The van der Waals surface area contributed by atoms with E-state index in [4.69, 9.17) is 0 Å². The summed E-state index contributed by atoms with van der Waals surface area (Å²) in [5.41, 5.74) is 8.13. The van der Waals surface area contributed by atoms with Crippen molar-refractivity contribution < 1.29 is 0 Å². The minimum atomic E-state index is 1.21. The third-order valence-corrected chi connectivity index (χ3v) is 5.62. The lowest BCUT2D eigenvalue weighted by Crippen LogP contribution is -1.81. The molecule has 0 aliphatic heterocycles. The lowest BCUT2D eigenvalue weighted by atomic mass is 9.97. The third-order valence-electron chi connectivity index (χ3n) is 4.81. The van der Waals surface area contributed by atoms with Crippen LogP contribution in [0.25, 0.3) is 43.2 Å². The molecular weight excluding hydrogens is 324 g/mol. The van der Waals surface area contributed by atoms with Crippen LogP contribution in [-0.4, -0.2) is 9.97 Å². The zero-order valence-electron chi connectivity index (χ0n) is 13.8. The van der Waals surface area contributed by atoms with Gasteiger partial charge in [0.15, 0.2) is 0 Å². The zero-order valence-corrected chi connectivity index (χ0v) is 14.6. The van der Waals surface area contributed by atoms with Crippen LogP contribution in [-0.2, 0) is 0 Å². The fourth-order valence-corrected chi connectivity index (χ4v) is 4.22. The summed E-state index contributed by atoms with van der Waals surface area (Å²) < 4.78 is 0. The first kappa shape index (κ1) is 14.4. The lowest BCUT2D eigenvalue weighted by molar-refractivity contribution is 1.42. The van der Waals surface area contributed by atoms with Crippen molar-refractivity contribution in [2.24, 2.45) is 0 Å². The van der Waals surface area contributed by atoms with Gasteiger partial charge < -0.3 is 4.98 Å². The molecule has 25 heavy (non-hydrogen) atoms. The maximum absolute atomic E-state index is 4.22. The number of aromatic amines is 1. The SMILES string of the molecule is Cc1cccc2c(-c3ccc4c(-c5cncs5)cccc4c3)c[nH]c12. The highest BCUT2D eigenvalue weighted by atomic mass is 32.1.